The van der Waals surface area contributed by atoms with Crippen molar-refractivity contribution in [3.8, 4) is 0 Å². The van der Waals surface area contributed by atoms with E-state index in [2.05, 4.69) is 38.0 Å². The van der Waals surface area contributed by atoms with Crippen molar-refractivity contribution in [3.63, 3.8) is 0 Å². The van der Waals surface area contributed by atoms with Crippen molar-refractivity contribution in [3.05, 3.63) is 12.1 Å². The number of thioether (sulfide) groups is 1. The first kappa shape index (κ1) is 14.7. The third kappa shape index (κ3) is 2.62. The van der Waals surface area contributed by atoms with Crippen molar-refractivity contribution >= 4 is 30.2 Å². The summed E-state index contributed by atoms with van der Waals surface area (Å²) in [5.74, 6) is 0.811. The largest absolute Gasteiger partial charge is 0.498 e. The van der Waals surface area contributed by atoms with Crippen molar-refractivity contribution in [2.24, 2.45) is 0 Å². The molecule has 2 heterocycles. The quantitative estimate of drug-likeness (QED) is 0.679. The summed E-state index contributed by atoms with van der Waals surface area (Å²) in [7, 11) is 1.48. The lowest BCUT2D eigenvalue weighted by molar-refractivity contribution is 0.00578. The van der Waals surface area contributed by atoms with Gasteiger partial charge in [-0.05, 0) is 40.0 Å². The van der Waals surface area contributed by atoms with Crippen LogP contribution in [0.5, 0.6) is 0 Å². The van der Waals surface area contributed by atoms with Crippen LogP contribution >= 0.6 is 11.8 Å². The lowest BCUT2D eigenvalue weighted by Crippen LogP contribution is -2.41. The molecular formula is C13H21BN2O2S. The van der Waals surface area contributed by atoms with Gasteiger partial charge in [-0.25, -0.2) is 4.98 Å². The molecule has 0 aromatic carbocycles. The van der Waals surface area contributed by atoms with Crippen molar-refractivity contribution in [2.45, 2.75) is 43.9 Å². The van der Waals surface area contributed by atoms with Gasteiger partial charge in [0.05, 0.1) is 16.2 Å². The molecule has 1 saturated heterocycles. The smallest absolute Gasteiger partial charge is 0.399 e. The highest BCUT2D eigenvalue weighted by Crippen LogP contribution is 2.36. The van der Waals surface area contributed by atoms with Crippen LogP contribution in [-0.2, 0) is 9.31 Å². The molecule has 6 heteroatoms. The van der Waals surface area contributed by atoms with Crippen LogP contribution in [0.4, 0.5) is 5.82 Å². The molecule has 1 aliphatic rings. The fourth-order valence-corrected chi connectivity index (χ4v) is 2.31. The Kier molecular flexibility index (Phi) is 3.86. The molecule has 1 N–H and O–H groups in total. The molecule has 1 aromatic heterocycles. The molecule has 0 atom stereocenters. The molecule has 0 saturated carbocycles. The molecule has 0 radical (unpaired) electrons. The summed E-state index contributed by atoms with van der Waals surface area (Å²) in [5, 5.41) is 4.09. The van der Waals surface area contributed by atoms with Gasteiger partial charge in [0.15, 0.2) is 0 Å². The fraction of sp³-hybridized carbons (Fsp3) is 0.615. The van der Waals surface area contributed by atoms with Crippen LogP contribution in [0.15, 0.2) is 17.2 Å². The highest BCUT2D eigenvalue weighted by Gasteiger charge is 2.52. The second kappa shape index (κ2) is 5.00. The van der Waals surface area contributed by atoms with Gasteiger partial charge in [-0.15, -0.1) is 11.8 Å². The normalized spacial score (nSPS) is 20.6. The summed E-state index contributed by atoms with van der Waals surface area (Å²) in [6, 6.07) is 4.01. The summed E-state index contributed by atoms with van der Waals surface area (Å²) >= 11 is 1.62. The van der Waals surface area contributed by atoms with E-state index in [0.717, 1.165) is 16.3 Å². The van der Waals surface area contributed by atoms with Crippen molar-refractivity contribution in [2.75, 3.05) is 18.6 Å². The zero-order chi connectivity index (χ0) is 14.3. The number of nitrogens with one attached hydrogen (secondary N) is 1. The molecule has 2 rings (SSSR count). The third-order valence-electron chi connectivity index (χ3n) is 3.85. The monoisotopic (exact) mass is 280 g/mol. The van der Waals surface area contributed by atoms with Crippen LogP contribution < -0.4 is 10.8 Å². The molecule has 1 aromatic rings. The van der Waals surface area contributed by atoms with Gasteiger partial charge in [0.25, 0.3) is 0 Å². The Hall–Kier alpha value is -0.715. The van der Waals surface area contributed by atoms with Gasteiger partial charge in [0.1, 0.15) is 5.82 Å². The van der Waals surface area contributed by atoms with Gasteiger partial charge in [0.2, 0.25) is 0 Å². The highest BCUT2D eigenvalue weighted by molar-refractivity contribution is 7.98. The highest BCUT2D eigenvalue weighted by atomic mass is 32.2. The molecule has 0 unspecified atom stereocenters. The second-order valence-electron chi connectivity index (χ2n) is 5.63. The van der Waals surface area contributed by atoms with Crippen LogP contribution in [-0.4, -0.2) is 36.6 Å². The molecule has 0 bridgehead atoms. The van der Waals surface area contributed by atoms with Crippen LogP contribution in [0.2, 0.25) is 0 Å². The number of aromatic nitrogens is 1. The van der Waals surface area contributed by atoms with Crippen molar-refractivity contribution < 1.29 is 9.31 Å². The van der Waals surface area contributed by atoms with E-state index in [1.54, 1.807) is 11.8 Å². The van der Waals surface area contributed by atoms with E-state index in [9.17, 15) is 0 Å². The van der Waals surface area contributed by atoms with E-state index in [-0.39, 0.29) is 18.3 Å². The van der Waals surface area contributed by atoms with Gasteiger partial charge in [0, 0.05) is 12.5 Å². The number of hydrogen-bond acceptors (Lipinski definition) is 5. The standard InChI is InChI=1S/C13H21BN2O2S/c1-12(2)13(3,4)18-14(17-12)9-7-8-10(19-6)16-11(9)15-5/h7-8H,1-6H3,(H,15,16). The SMILES string of the molecule is CNc1nc(SC)ccc1B1OC(C)(C)C(C)(C)O1. The lowest BCUT2D eigenvalue weighted by atomic mass is 9.79. The maximum Gasteiger partial charge on any atom is 0.498 e. The summed E-state index contributed by atoms with van der Waals surface area (Å²) in [6.45, 7) is 8.21. The van der Waals surface area contributed by atoms with Crippen molar-refractivity contribution in [1.29, 1.82) is 0 Å². The van der Waals surface area contributed by atoms with E-state index < -0.39 is 0 Å². The summed E-state index contributed by atoms with van der Waals surface area (Å²) in [6.07, 6.45) is 2.01. The topological polar surface area (TPSA) is 43.4 Å². The molecule has 0 amide bonds. The molecule has 0 spiro atoms. The van der Waals surface area contributed by atoms with E-state index in [4.69, 9.17) is 9.31 Å². The van der Waals surface area contributed by atoms with Crippen LogP contribution in [0, 0.1) is 0 Å². The molecule has 1 aliphatic heterocycles. The summed E-state index contributed by atoms with van der Waals surface area (Å²) in [5.41, 5.74) is 0.279. The average Bonchev–Trinajstić information content (AvgIpc) is 2.57. The van der Waals surface area contributed by atoms with E-state index in [0.29, 0.717) is 0 Å². The Morgan fingerprint density at radius 3 is 2.21 bits per heavy atom. The first-order valence-corrected chi connectivity index (χ1v) is 7.61. The molecule has 4 nitrogen and oxygen atoms in total. The van der Waals surface area contributed by atoms with Crippen LogP contribution in [0.25, 0.3) is 0 Å². The minimum Gasteiger partial charge on any atom is -0.399 e. The number of pyridine rings is 1. The number of rotatable bonds is 3. The van der Waals surface area contributed by atoms with Crippen LogP contribution in [0.3, 0.4) is 0 Å². The van der Waals surface area contributed by atoms with Gasteiger partial charge < -0.3 is 14.6 Å². The third-order valence-corrected chi connectivity index (χ3v) is 4.50. The molecule has 19 heavy (non-hydrogen) atoms. The Bertz CT molecular complexity index is 464. The van der Waals surface area contributed by atoms with Gasteiger partial charge in [-0.3, -0.25) is 0 Å². The van der Waals surface area contributed by atoms with E-state index in [1.165, 1.54) is 0 Å². The predicted molar refractivity (Wildman–Crippen MR) is 81.3 cm³/mol. The Balaban J connectivity index is 2.34. The molecule has 104 valence electrons. The van der Waals surface area contributed by atoms with Crippen molar-refractivity contribution in [1.82, 2.24) is 4.98 Å². The zero-order valence-corrected chi connectivity index (χ0v) is 13.2. The van der Waals surface area contributed by atoms with E-state index in [1.807, 2.05) is 25.4 Å². The minimum atomic E-state index is -0.379. The van der Waals surface area contributed by atoms with E-state index >= 15 is 0 Å². The Labute approximate surface area is 119 Å². The molecule has 1 fully saturated rings. The molecule has 0 aliphatic carbocycles. The van der Waals surface area contributed by atoms with Gasteiger partial charge in [-0.1, -0.05) is 6.07 Å². The Morgan fingerprint density at radius 2 is 1.74 bits per heavy atom. The Morgan fingerprint density at radius 1 is 1.16 bits per heavy atom. The van der Waals surface area contributed by atoms with Crippen LogP contribution in [0.1, 0.15) is 27.7 Å². The summed E-state index contributed by atoms with van der Waals surface area (Å²) in [4.78, 5) is 4.54. The van der Waals surface area contributed by atoms with Gasteiger partial charge >= 0.3 is 7.12 Å². The second-order valence-corrected chi connectivity index (χ2v) is 6.46. The zero-order valence-electron chi connectivity index (χ0n) is 12.4. The maximum absolute atomic E-state index is 6.06. The predicted octanol–water partition coefficient (Wildman–Crippen LogP) is 2.14. The average molecular weight is 280 g/mol. The number of nitrogens with zero attached hydrogens (tertiary/aromatic N) is 1. The number of anilines is 1. The first-order chi connectivity index (χ1) is 8.80. The summed E-state index contributed by atoms with van der Waals surface area (Å²) < 4.78 is 12.1. The lowest BCUT2D eigenvalue weighted by Gasteiger charge is -2.32. The minimum absolute atomic E-state index is 0.332. The van der Waals surface area contributed by atoms with Gasteiger partial charge in [-0.2, -0.15) is 0 Å². The number of hydrogen-bond donors (Lipinski definition) is 1. The fourth-order valence-electron chi connectivity index (χ4n) is 1.93. The first-order valence-electron chi connectivity index (χ1n) is 6.39. The molecular weight excluding hydrogens is 259 g/mol. The maximum atomic E-state index is 6.06.